The standard InChI is InChI=1S/C36H51NOSi/c1-6-7-8-9-10-11-12-15-21-31-22-20-23-32-28-29-35(30(2)37(31)32)38-39(36(3,4)5,33-24-16-13-17-25-33)34-26-18-14-19-27-34/h11-14,16-19,24-27,30-32,35H,6-10,20,22-23,28-29H2,1-5H3/b12-11+/t30-,31-,32+,35+/m0/s1. The second kappa shape index (κ2) is 14.0. The van der Waals surface area contributed by atoms with E-state index in [2.05, 4.69) is 124 Å². The SMILES string of the molecule is CCCCCC/C=C/C#C[C@H]1CCC[C@@H]2CC[C@@H](O[Si](c3ccccc3)(c3ccccc3)C(C)(C)C)[C@H](C)N21. The molecule has 0 saturated carbocycles. The minimum absolute atomic E-state index is 0.00466. The van der Waals surface area contributed by atoms with Gasteiger partial charge in [0.25, 0.3) is 8.32 Å². The lowest BCUT2D eigenvalue weighted by molar-refractivity contribution is -0.0370. The van der Waals surface area contributed by atoms with Crippen molar-refractivity contribution in [3.8, 4) is 11.8 Å². The van der Waals surface area contributed by atoms with Crippen LogP contribution in [0.25, 0.3) is 0 Å². The number of piperidine rings is 2. The molecule has 0 radical (unpaired) electrons. The quantitative estimate of drug-likeness (QED) is 0.182. The Morgan fingerprint density at radius 3 is 2.18 bits per heavy atom. The van der Waals surface area contributed by atoms with Gasteiger partial charge in [0.1, 0.15) is 0 Å². The first-order valence-corrected chi connectivity index (χ1v) is 17.5. The highest BCUT2D eigenvalue weighted by atomic mass is 28.4. The molecule has 0 N–H and O–H groups in total. The Morgan fingerprint density at radius 2 is 1.56 bits per heavy atom. The van der Waals surface area contributed by atoms with Crippen LogP contribution in [0.2, 0.25) is 5.04 Å². The van der Waals surface area contributed by atoms with Crippen LogP contribution in [0.4, 0.5) is 0 Å². The largest absolute Gasteiger partial charge is 0.403 e. The Hall–Kier alpha value is -2.12. The molecule has 2 aromatic carbocycles. The molecule has 2 saturated heterocycles. The van der Waals surface area contributed by atoms with E-state index >= 15 is 0 Å². The van der Waals surface area contributed by atoms with Crippen molar-refractivity contribution in [3.63, 3.8) is 0 Å². The van der Waals surface area contributed by atoms with E-state index in [4.69, 9.17) is 4.43 Å². The van der Waals surface area contributed by atoms with E-state index in [1.165, 1.54) is 61.7 Å². The number of fused-ring (bicyclic) bond motifs is 1. The van der Waals surface area contributed by atoms with E-state index in [9.17, 15) is 0 Å². The van der Waals surface area contributed by atoms with Gasteiger partial charge in [-0.05, 0) is 73.4 Å². The van der Waals surface area contributed by atoms with Crippen LogP contribution in [0.1, 0.15) is 98.8 Å². The van der Waals surface area contributed by atoms with Crippen molar-refractivity contribution in [1.29, 1.82) is 0 Å². The third-order valence-corrected chi connectivity index (χ3v) is 14.1. The van der Waals surface area contributed by atoms with Crippen molar-refractivity contribution in [1.82, 2.24) is 4.90 Å². The van der Waals surface area contributed by atoms with Crippen LogP contribution in [0, 0.1) is 11.8 Å². The molecular weight excluding hydrogens is 490 g/mol. The first-order chi connectivity index (χ1) is 18.9. The third kappa shape index (κ3) is 6.97. The molecule has 2 aliphatic heterocycles. The van der Waals surface area contributed by atoms with E-state index in [0.29, 0.717) is 18.1 Å². The molecule has 2 aromatic rings. The van der Waals surface area contributed by atoms with E-state index in [-0.39, 0.29) is 11.1 Å². The normalized spacial score (nSPS) is 24.2. The maximum atomic E-state index is 7.65. The molecule has 2 aliphatic rings. The molecule has 4 rings (SSSR count). The number of allylic oxidation sites excluding steroid dienone is 2. The lowest BCUT2D eigenvalue weighted by atomic mass is 9.84. The number of nitrogens with zero attached hydrogens (tertiary/aromatic N) is 1. The molecule has 0 amide bonds. The maximum absolute atomic E-state index is 7.65. The topological polar surface area (TPSA) is 12.5 Å². The van der Waals surface area contributed by atoms with Gasteiger partial charge in [-0.2, -0.15) is 0 Å². The number of unbranched alkanes of at least 4 members (excludes halogenated alkanes) is 4. The van der Waals surface area contributed by atoms with Gasteiger partial charge in [-0.15, -0.1) is 0 Å². The molecule has 0 aromatic heterocycles. The maximum Gasteiger partial charge on any atom is 0.261 e. The summed E-state index contributed by atoms with van der Waals surface area (Å²) >= 11 is 0. The summed E-state index contributed by atoms with van der Waals surface area (Å²) in [5.41, 5.74) is 0. The Kier molecular flexibility index (Phi) is 10.7. The van der Waals surface area contributed by atoms with E-state index in [1.807, 2.05) is 0 Å². The highest BCUT2D eigenvalue weighted by Gasteiger charge is 2.53. The average molecular weight is 542 g/mol. The van der Waals surface area contributed by atoms with Gasteiger partial charge in [0.15, 0.2) is 0 Å². The van der Waals surface area contributed by atoms with Crippen molar-refractivity contribution in [2.45, 2.75) is 128 Å². The summed E-state index contributed by atoms with van der Waals surface area (Å²) in [5.74, 6) is 7.11. The highest BCUT2D eigenvalue weighted by Crippen LogP contribution is 2.41. The molecule has 0 aliphatic carbocycles. The molecule has 0 spiro atoms. The average Bonchev–Trinajstić information content (AvgIpc) is 2.94. The molecule has 3 heteroatoms. The third-order valence-electron chi connectivity index (χ3n) is 9.01. The van der Waals surface area contributed by atoms with E-state index < -0.39 is 8.32 Å². The number of rotatable bonds is 9. The van der Waals surface area contributed by atoms with Gasteiger partial charge in [0, 0.05) is 12.1 Å². The summed E-state index contributed by atoms with van der Waals surface area (Å²) in [6.45, 7) is 11.8. The first-order valence-electron chi connectivity index (χ1n) is 15.6. The Morgan fingerprint density at radius 1 is 0.897 bits per heavy atom. The summed E-state index contributed by atoms with van der Waals surface area (Å²) in [6, 6.07) is 23.5. The van der Waals surface area contributed by atoms with E-state index in [0.717, 1.165) is 12.8 Å². The van der Waals surface area contributed by atoms with Gasteiger partial charge >= 0.3 is 0 Å². The van der Waals surface area contributed by atoms with Crippen LogP contribution in [0.3, 0.4) is 0 Å². The number of hydrogen-bond donors (Lipinski definition) is 0. The predicted molar refractivity (Wildman–Crippen MR) is 170 cm³/mol. The summed E-state index contributed by atoms with van der Waals surface area (Å²) in [7, 11) is -2.58. The van der Waals surface area contributed by atoms with Crippen molar-refractivity contribution >= 4 is 18.7 Å². The molecule has 210 valence electrons. The summed E-state index contributed by atoms with van der Waals surface area (Å²) in [6.07, 6.45) is 17.1. The summed E-state index contributed by atoms with van der Waals surface area (Å²) in [5, 5.41) is 2.74. The Bertz CT molecular complexity index is 1050. The van der Waals surface area contributed by atoms with E-state index in [1.54, 1.807) is 0 Å². The summed E-state index contributed by atoms with van der Waals surface area (Å²) < 4.78 is 7.65. The van der Waals surface area contributed by atoms with Crippen LogP contribution >= 0.6 is 0 Å². The first kappa shape index (κ1) is 29.8. The van der Waals surface area contributed by atoms with Crippen molar-refractivity contribution in [3.05, 3.63) is 72.8 Å². The molecule has 4 atom stereocenters. The second-order valence-corrected chi connectivity index (χ2v) is 17.0. The predicted octanol–water partition coefficient (Wildman–Crippen LogP) is 7.87. The number of benzene rings is 2. The minimum Gasteiger partial charge on any atom is -0.403 e. The van der Waals surface area contributed by atoms with Crippen LogP contribution in [-0.4, -0.2) is 37.4 Å². The fourth-order valence-corrected chi connectivity index (χ4v) is 11.8. The van der Waals surface area contributed by atoms with Gasteiger partial charge < -0.3 is 4.43 Å². The zero-order valence-corrected chi connectivity index (χ0v) is 26.2. The van der Waals surface area contributed by atoms with Gasteiger partial charge in [0.05, 0.1) is 12.1 Å². The molecule has 2 nitrogen and oxygen atoms in total. The molecule has 0 unspecified atom stereocenters. The van der Waals surface area contributed by atoms with Crippen molar-refractivity contribution in [2.24, 2.45) is 0 Å². The zero-order chi connectivity index (χ0) is 27.7. The second-order valence-electron chi connectivity index (χ2n) is 12.7. The van der Waals surface area contributed by atoms with Crippen molar-refractivity contribution in [2.75, 3.05) is 0 Å². The fraction of sp³-hybridized carbons (Fsp3) is 0.556. The smallest absolute Gasteiger partial charge is 0.261 e. The molecule has 2 heterocycles. The fourth-order valence-electron chi connectivity index (χ4n) is 7.00. The van der Waals surface area contributed by atoms with Crippen LogP contribution in [-0.2, 0) is 4.43 Å². The van der Waals surface area contributed by atoms with Crippen molar-refractivity contribution < 1.29 is 4.43 Å². The van der Waals surface area contributed by atoms with Crippen LogP contribution in [0.5, 0.6) is 0 Å². The Labute approximate surface area is 240 Å². The van der Waals surface area contributed by atoms with Gasteiger partial charge in [-0.3, -0.25) is 4.90 Å². The van der Waals surface area contributed by atoms with Gasteiger partial charge in [-0.25, -0.2) is 0 Å². The molecule has 2 fully saturated rings. The zero-order valence-electron chi connectivity index (χ0n) is 25.2. The Balaban J connectivity index is 1.59. The lowest BCUT2D eigenvalue weighted by Gasteiger charge is -2.53. The monoisotopic (exact) mass is 541 g/mol. The molecule has 39 heavy (non-hydrogen) atoms. The summed E-state index contributed by atoms with van der Waals surface area (Å²) in [4.78, 5) is 2.75. The molecular formula is C36H51NOSi. The molecule has 0 bridgehead atoms. The highest BCUT2D eigenvalue weighted by molar-refractivity contribution is 6.99. The minimum atomic E-state index is -2.58. The van der Waals surface area contributed by atoms with Crippen LogP contribution < -0.4 is 10.4 Å². The lowest BCUT2D eigenvalue weighted by Crippen LogP contribution is -2.70. The van der Waals surface area contributed by atoms with Crippen LogP contribution in [0.15, 0.2) is 72.8 Å². The number of hydrogen-bond acceptors (Lipinski definition) is 2. The van der Waals surface area contributed by atoms with Gasteiger partial charge in [-0.1, -0.05) is 126 Å². The van der Waals surface area contributed by atoms with Gasteiger partial charge in [0.2, 0.25) is 0 Å².